The maximum Gasteiger partial charge on any atom is 0.324 e. The van der Waals surface area contributed by atoms with Crippen LogP contribution in [-0.4, -0.2) is 34.8 Å². The van der Waals surface area contributed by atoms with Crippen LogP contribution in [0.2, 0.25) is 0 Å². The lowest BCUT2D eigenvalue weighted by Crippen LogP contribution is -2.38. The van der Waals surface area contributed by atoms with E-state index in [4.69, 9.17) is 4.74 Å². The molecular formula is C16H20N4O2S. The molecule has 2 amide bonds. The molecule has 122 valence electrons. The third-order valence-corrected chi connectivity index (χ3v) is 4.69. The molecule has 1 fully saturated rings. The van der Waals surface area contributed by atoms with E-state index in [1.165, 1.54) is 11.3 Å². The Morgan fingerprint density at radius 1 is 1.30 bits per heavy atom. The normalized spacial score (nSPS) is 18.3. The molecule has 23 heavy (non-hydrogen) atoms. The number of urea groups is 1. The summed E-state index contributed by atoms with van der Waals surface area (Å²) in [7, 11) is 1.66. The fourth-order valence-electron chi connectivity index (χ4n) is 2.91. The van der Waals surface area contributed by atoms with Crippen molar-refractivity contribution < 1.29 is 9.53 Å². The van der Waals surface area contributed by atoms with Gasteiger partial charge in [-0.15, -0.1) is 10.2 Å². The van der Waals surface area contributed by atoms with Crippen LogP contribution in [0.15, 0.2) is 29.8 Å². The first-order valence-corrected chi connectivity index (χ1v) is 8.63. The molecule has 1 saturated heterocycles. The van der Waals surface area contributed by atoms with Crippen molar-refractivity contribution >= 4 is 22.5 Å². The van der Waals surface area contributed by atoms with E-state index in [-0.39, 0.29) is 12.1 Å². The highest BCUT2D eigenvalue weighted by Gasteiger charge is 2.27. The van der Waals surface area contributed by atoms with Gasteiger partial charge in [-0.1, -0.05) is 36.3 Å². The Kier molecular flexibility index (Phi) is 5.07. The number of hydrogen-bond donors (Lipinski definition) is 1. The second-order valence-corrected chi connectivity index (χ2v) is 6.34. The lowest BCUT2D eigenvalue weighted by Gasteiger charge is -2.30. The number of hydrogen-bond acceptors (Lipinski definition) is 5. The van der Waals surface area contributed by atoms with Gasteiger partial charge in [-0.05, 0) is 30.5 Å². The van der Waals surface area contributed by atoms with Crippen molar-refractivity contribution in [3.05, 3.63) is 35.3 Å². The number of ether oxygens (including phenoxy) is 1. The number of aromatic nitrogens is 2. The molecule has 6 nitrogen and oxygen atoms in total. The Bertz CT molecular complexity index is 630. The summed E-state index contributed by atoms with van der Waals surface area (Å²) in [6.07, 6.45) is 4.26. The highest BCUT2D eigenvalue weighted by molar-refractivity contribution is 7.13. The number of carbonyl (C=O) groups excluding carboxylic acids is 1. The molecule has 0 aliphatic carbocycles. The van der Waals surface area contributed by atoms with Gasteiger partial charge in [0.1, 0.15) is 11.3 Å². The summed E-state index contributed by atoms with van der Waals surface area (Å²) in [5, 5.41) is 11.0. The van der Waals surface area contributed by atoms with Gasteiger partial charge in [0.25, 0.3) is 0 Å². The van der Waals surface area contributed by atoms with Crippen LogP contribution in [0.25, 0.3) is 0 Å². The van der Waals surface area contributed by atoms with Crippen LogP contribution in [0.4, 0.5) is 9.93 Å². The van der Waals surface area contributed by atoms with E-state index in [1.54, 1.807) is 12.6 Å². The van der Waals surface area contributed by atoms with E-state index in [2.05, 4.69) is 15.5 Å². The van der Waals surface area contributed by atoms with Crippen molar-refractivity contribution in [2.45, 2.75) is 31.7 Å². The molecule has 3 rings (SSSR count). The molecule has 1 aliphatic heterocycles. The molecule has 7 heteroatoms. The predicted molar refractivity (Wildman–Crippen MR) is 89.8 cm³/mol. The Balaban J connectivity index is 1.80. The molecular weight excluding hydrogens is 312 g/mol. The summed E-state index contributed by atoms with van der Waals surface area (Å²) in [6.45, 7) is 0.751. The molecule has 0 saturated carbocycles. The first kappa shape index (κ1) is 15.7. The summed E-state index contributed by atoms with van der Waals surface area (Å²) in [5.41, 5.74) is 2.75. The van der Waals surface area contributed by atoms with Crippen molar-refractivity contribution in [3.63, 3.8) is 0 Å². The van der Waals surface area contributed by atoms with Gasteiger partial charge < -0.3 is 9.64 Å². The summed E-state index contributed by atoms with van der Waals surface area (Å²) in [4.78, 5) is 14.6. The lowest BCUT2D eigenvalue weighted by molar-refractivity contribution is 0.189. The van der Waals surface area contributed by atoms with E-state index >= 15 is 0 Å². The van der Waals surface area contributed by atoms with Crippen LogP contribution < -0.4 is 10.1 Å². The highest BCUT2D eigenvalue weighted by Crippen LogP contribution is 2.31. The summed E-state index contributed by atoms with van der Waals surface area (Å²) in [6, 6.07) is 7.95. The molecule has 1 atom stereocenters. The second-order valence-electron chi connectivity index (χ2n) is 5.51. The number of nitrogens with one attached hydrogen (secondary N) is 1. The van der Waals surface area contributed by atoms with Crippen molar-refractivity contribution in [1.29, 1.82) is 0 Å². The molecule has 2 heterocycles. The predicted octanol–water partition coefficient (Wildman–Crippen LogP) is 3.70. The highest BCUT2D eigenvalue weighted by atomic mass is 32.1. The first-order chi connectivity index (χ1) is 11.3. The number of benzene rings is 1. The molecule has 1 aromatic heterocycles. The van der Waals surface area contributed by atoms with Crippen molar-refractivity contribution in [2.24, 2.45) is 0 Å². The molecule has 0 unspecified atom stereocenters. The SMILES string of the molecule is COc1ccc([C@H]2CCCCCN2C(=O)Nc2nncs2)cc1. The number of amides is 2. The fraction of sp³-hybridized carbons (Fsp3) is 0.438. The molecule has 0 spiro atoms. The zero-order valence-electron chi connectivity index (χ0n) is 13.1. The summed E-state index contributed by atoms with van der Waals surface area (Å²) >= 11 is 1.33. The molecule has 0 radical (unpaired) electrons. The number of nitrogens with zero attached hydrogens (tertiary/aromatic N) is 3. The molecule has 1 aromatic carbocycles. The molecule has 0 bridgehead atoms. The standard InChI is InChI=1S/C16H20N4O2S/c1-22-13-8-6-12(7-9-13)14-5-3-2-4-10-20(14)16(21)18-15-19-17-11-23-15/h6-9,11,14H,2-5,10H2,1H3,(H,18,19,21)/t14-/m1/s1. The van der Waals surface area contributed by atoms with Crippen LogP contribution >= 0.6 is 11.3 Å². The Hall–Kier alpha value is -2.15. The quantitative estimate of drug-likeness (QED) is 0.930. The minimum absolute atomic E-state index is 0.0799. The van der Waals surface area contributed by atoms with Crippen LogP contribution in [-0.2, 0) is 0 Å². The zero-order chi connectivity index (χ0) is 16.1. The first-order valence-electron chi connectivity index (χ1n) is 7.75. The maximum atomic E-state index is 12.7. The molecule has 1 aliphatic rings. The number of methoxy groups -OCH3 is 1. The van der Waals surface area contributed by atoms with Gasteiger partial charge in [-0.2, -0.15) is 0 Å². The van der Waals surface area contributed by atoms with Gasteiger partial charge in [0.05, 0.1) is 13.2 Å². The zero-order valence-corrected chi connectivity index (χ0v) is 13.9. The van der Waals surface area contributed by atoms with E-state index in [9.17, 15) is 4.79 Å². The lowest BCUT2D eigenvalue weighted by atomic mass is 10.0. The van der Waals surface area contributed by atoms with Gasteiger partial charge in [0, 0.05) is 6.54 Å². The van der Waals surface area contributed by atoms with Crippen molar-refractivity contribution in [2.75, 3.05) is 19.0 Å². The van der Waals surface area contributed by atoms with Gasteiger partial charge in [-0.3, -0.25) is 5.32 Å². The molecule has 2 aromatic rings. The average Bonchev–Trinajstić information content (AvgIpc) is 2.96. The second kappa shape index (κ2) is 7.41. The number of anilines is 1. The Morgan fingerprint density at radius 3 is 2.83 bits per heavy atom. The fourth-order valence-corrected chi connectivity index (χ4v) is 3.35. The largest absolute Gasteiger partial charge is 0.497 e. The van der Waals surface area contributed by atoms with Gasteiger partial charge >= 0.3 is 6.03 Å². The third-order valence-electron chi connectivity index (χ3n) is 4.09. The number of likely N-dealkylation sites (tertiary alicyclic amines) is 1. The average molecular weight is 332 g/mol. The van der Waals surface area contributed by atoms with Gasteiger partial charge in [0.15, 0.2) is 0 Å². The third kappa shape index (κ3) is 3.79. The Morgan fingerprint density at radius 2 is 2.13 bits per heavy atom. The number of rotatable bonds is 3. The topological polar surface area (TPSA) is 67.3 Å². The van der Waals surface area contributed by atoms with E-state index in [1.807, 2.05) is 29.2 Å². The van der Waals surface area contributed by atoms with Crippen LogP contribution in [0.3, 0.4) is 0 Å². The minimum Gasteiger partial charge on any atom is -0.497 e. The maximum absolute atomic E-state index is 12.7. The minimum atomic E-state index is -0.107. The van der Waals surface area contributed by atoms with Gasteiger partial charge in [0.2, 0.25) is 5.13 Å². The van der Waals surface area contributed by atoms with Crippen LogP contribution in [0, 0.1) is 0 Å². The Labute approximate surface area is 139 Å². The van der Waals surface area contributed by atoms with Crippen molar-refractivity contribution in [1.82, 2.24) is 15.1 Å². The van der Waals surface area contributed by atoms with E-state index < -0.39 is 0 Å². The molecule has 1 N–H and O–H groups in total. The van der Waals surface area contributed by atoms with Crippen molar-refractivity contribution in [3.8, 4) is 5.75 Å². The summed E-state index contributed by atoms with van der Waals surface area (Å²) in [5.74, 6) is 0.826. The van der Waals surface area contributed by atoms with E-state index in [0.717, 1.165) is 43.5 Å². The summed E-state index contributed by atoms with van der Waals surface area (Å²) < 4.78 is 5.22. The van der Waals surface area contributed by atoms with Gasteiger partial charge in [-0.25, -0.2) is 4.79 Å². The monoisotopic (exact) mass is 332 g/mol. The van der Waals surface area contributed by atoms with E-state index in [0.29, 0.717) is 5.13 Å². The smallest absolute Gasteiger partial charge is 0.324 e. The van der Waals surface area contributed by atoms with Crippen LogP contribution in [0.1, 0.15) is 37.3 Å². The van der Waals surface area contributed by atoms with Crippen LogP contribution in [0.5, 0.6) is 5.75 Å². The number of carbonyl (C=O) groups is 1.